The van der Waals surface area contributed by atoms with E-state index in [4.69, 9.17) is 21.1 Å². The first kappa shape index (κ1) is 16.8. The summed E-state index contributed by atoms with van der Waals surface area (Å²) in [6.45, 7) is 0.878. The number of hydrogen-bond donors (Lipinski definition) is 1. The van der Waals surface area contributed by atoms with Gasteiger partial charge in [-0.05, 0) is 30.3 Å². The molecule has 2 aromatic carbocycles. The van der Waals surface area contributed by atoms with Gasteiger partial charge in [-0.15, -0.1) is 0 Å². The van der Waals surface area contributed by atoms with Gasteiger partial charge in [-0.3, -0.25) is 4.79 Å². The van der Waals surface area contributed by atoms with Crippen molar-refractivity contribution >= 4 is 29.3 Å². The van der Waals surface area contributed by atoms with Gasteiger partial charge in [-0.25, -0.2) is 4.39 Å². The lowest BCUT2D eigenvalue weighted by Crippen LogP contribution is -2.17. The SMILES string of the molecule is N#C/C(=C\c1c(F)cccc1Cl)C(=O)Nc1ccc2c(c1)OCCO2. The number of nitrogens with one attached hydrogen (secondary N) is 1. The summed E-state index contributed by atoms with van der Waals surface area (Å²) < 4.78 is 24.7. The molecule has 5 nitrogen and oxygen atoms in total. The molecule has 2 aromatic rings. The second kappa shape index (κ2) is 7.24. The van der Waals surface area contributed by atoms with E-state index in [9.17, 15) is 14.4 Å². The van der Waals surface area contributed by atoms with E-state index in [1.54, 1.807) is 24.3 Å². The van der Waals surface area contributed by atoms with Crippen molar-refractivity contribution in [1.82, 2.24) is 0 Å². The van der Waals surface area contributed by atoms with Crippen LogP contribution in [0.1, 0.15) is 5.56 Å². The maximum atomic E-state index is 13.8. The van der Waals surface area contributed by atoms with Gasteiger partial charge in [0, 0.05) is 17.3 Å². The number of anilines is 1. The summed E-state index contributed by atoms with van der Waals surface area (Å²) in [7, 11) is 0. The molecular formula is C18H12ClFN2O3. The molecule has 0 spiro atoms. The highest BCUT2D eigenvalue weighted by atomic mass is 35.5. The Morgan fingerprint density at radius 3 is 2.72 bits per heavy atom. The molecule has 0 unspecified atom stereocenters. The molecule has 0 fully saturated rings. The Balaban J connectivity index is 1.84. The number of rotatable bonds is 3. The van der Waals surface area contributed by atoms with E-state index in [0.29, 0.717) is 30.4 Å². The van der Waals surface area contributed by atoms with E-state index in [-0.39, 0.29) is 16.2 Å². The van der Waals surface area contributed by atoms with Crippen molar-refractivity contribution in [2.45, 2.75) is 0 Å². The zero-order valence-corrected chi connectivity index (χ0v) is 13.6. The Bertz CT molecular complexity index is 885. The first-order valence-corrected chi connectivity index (χ1v) is 7.73. The van der Waals surface area contributed by atoms with Crippen LogP contribution in [0.15, 0.2) is 42.0 Å². The van der Waals surface area contributed by atoms with Gasteiger partial charge >= 0.3 is 0 Å². The van der Waals surface area contributed by atoms with Crippen molar-refractivity contribution in [2.75, 3.05) is 18.5 Å². The van der Waals surface area contributed by atoms with Crippen molar-refractivity contribution in [3.05, 3.63) is 58.4 Å². The van der Waals surface area contributed by atoms with E-state index in [1.165, 1.54) is 18.2 Å². The Morgan fingerprint density at radius 2 is 2.00 bits per heavy atom. The largest absolute Gasteiger partial charge is 0.486 e. The number of amides is 1. The molecule has 0 saturated heterocycles. The van der Waals surface area contributed by atoms with E-state index < -0.39 is 11.7 Å². The summed E-state index contributed by atoms with van der Waals surface area (Å²) in [5, 5.41) is 11.9. The molecular weight excluding hydrogens is 347 g/mol. The number of carbonyl (C=O) groups is 1. The Morgan fingerprint density at radius 1 is 1.24 bits per heavy atom. The van der Waals surface area contributed by atoms with E-state index in [2.05, 4.69) is 5.32 Å². The number of fused-ring (bicyclic) bond motifs is 1. The van der Waals surface area contributed by atoms with Crippen LogP contribution in [0.2, 0.25) is 5.02 Å². The molecule has 0 aliphatic carbocycles. The van der Waals surface area contributed by atoms with Gasteiger partial charge in [0.15, 0.2) is 11.5 Å². The lowest BCUT2D eigenvalue weighted by atomic mass is 10.1. The molecule has 3 rings (SSSR count). The maximum absolute atomic E-state index is 13.8. The van der Waals surface area contributed by atoms with Crippen molar-refractivity contribution < 1.29 is 18.7 Å². The predicted molar refractivity (Wildman–Crippen MR) is 91.1 cm³/mol. The monoisotopic (exact) mass is 358 g/mol. The van der Waals surface area contributed by atoms with Crippen molar-refractivity contribution in [3.8, 4) is 17.6 Å². The lowest BCUT2D eigenvalue weighted by molar-refractivity contribution is -0.112. The van der Waals surface area contributed by atoms with Crippen LogP contribution in [0, 0.1) is 17.1 Å². The average molecular weight is 359 g/mol. The zero-order chi connectivity index (χ0) is 17.8. The van der Waals surface area contributed by atoms with Crippen LogP contribution in [0.3, 0.4) is 0 Å². The average Bonchev–Trinajstić information content (AvgIpc) is 2.61. The highest BCUT2D eigenvalue weighted by molar-refractivity contribution is 6.32. The van der Waals surface area contributed by atoms with Gasteiger partial charge < -0.3 is 14.8 Å². The number of benzene rings is 2. The molecule has 0 bridgehead atoms. The Hall–Kier alpha value is -3.04. The minimum atomic E-state index is -0.682. The van der Waals surface area contributed by atoms with Crippen molar-refractivity contribution in [3.63, 3.8) is 0 Å². The fourth-order valence-electron chi connectivity index (χ4n) is 2.26. The van der Waals surface area contributed by atoms with Crippen molar-refractivity contribution in [1.29, 1.82) is 5.26 Å². The van der Waals surface area contributed by atoms with Crippen LogP contribution in [-0.4, -0.2) is 19.1 Å². The molecule has 0 aromatic heterocycles. The predicted octanol–water partition coefficient (Wildman–Crippen LogP) is 3.80. The minimum Gasteiger partial charge on any atom is -0.486 e. The third-order valence-corrected chi connectivity index (χ3v) is 3.78. The van der Waals surface area contributed by atoms with Gasteiger partial charge in [-0.1, -0.05) is 17.7 Å². The van der Waals surface area contributed by atoms with E-state index >= 15 is 0 Å². The van der Waals surface area contributed by atoms with Crippen LogP contribution in [-0.2, 0) is 4.79 Å². The standard InChI is InChI=1S/C18H12ClFN2O3/c19-14-2-1-3-15(20)13(14)8-11(10-21)18(23)22-12-4-5-16-17(9-12)25-7-6-24-16/h1-5,8-9H,6-7H2,(H,22,23)/b11-8+. The summed E-state index contributed by atoms with van der Waals surface area (Å²) in [5.41, 5.74) is 0.134. The lowest BCUT2D eigenvalue weighted by Gasteiger charge is -2.18. The molecule has 7 heteroatoms. The number of halogens is 2. The van der Waals surface area contributed by atoms with E-state index in [0.717, 1.165) is 6.08 Å². The minimum absolute atomic E-state index is 0.0157. The fourth-order valence-corrected chi connectivity index (χ4v) is 2.48. The van der Waals surface area contributed by atoms with Gasteiger partial charge in [-0.2, -0.15) is 5.26 Å². The second-order valence-corrected chi connectivity index (χ2v) is 5.52. The summed E-state index contributed by atoms with van der Waals surface area (Å²) in [5.74, 6) is -0.215. The first-order chi connectivity index (χ1) is 12.1. The summed E-state index contributed by atoms with van der Waals surface area (Å²) in [6, 6.07) is 10.7. The molecule has 0 atom stereocenters. The van der Waals surface area contributed by atoms with Crippen LogP contribution in [0.4, 0.5) is 10.1 Å². The molecule has 1 aliphatic heterocycles. The molecule has 1 N–H and O–H groups in total. The number of carbonyl (C=O) groups excluding carboxylic acids is 1. The van der Waals surface area contributed by atoms with Gasteiger partial charge in [0.1, 0.15) is 30.7 Å². The molecule has 1 heterocycles. The molecule has 0 radical (unpaired) electrons. The van der Waals surface area contributed by atoms with Gasteiger partial charge in [0.05, 0.1) is 5.02 Å². The summed E-state index contributed by atoms with van der Waals surface area (Å²) in [6.07, 6.45) is 1.12. The maximum Gasteiger partial charge on any atom is 0.266 e. The second-order valence-electron chi connectivity index (χ2n) is 5.12. The van der Waals surface area contributed by atoms with Gasteiger partial charge in [0.25, 0.3) is 5.91 Å². The zero-order valence-electron chi connectivity index (χ0n) is 12.9. The third kappa shape index (κ3) is 3.73. The number of nitrogens with zero attached hydrogens (tertiary/aromatic N) is 1. The third-order valence-electron chi connectivity index (χ3n) is 3.45. The fraction of sp³-hybridized carbons (Fsp3) is 0.111. The molecule has 126 valence electrons. The summed E-state index contributed by atoms with van der Waals surface area (Å²) >= 11 is 5.92. The topological polar surface area (TPSA) is 71.4 Å². The van der Waals surface area contributed by atoms with Crippen LogP contribution < -0.4 is 14.8 Å². The first-order valence-electron chi connectivity index (χ1n) is 7.35. The molecule has 1 amide bonds. The van der Waals surface area contributed by atoms with Crippen LogP contribution in [0.25, 0.3) is 6.08 Å². The molecule has 0 saturated carbocycles. The summed E-state index contributed by atoms with van der Waals surface area (Å²) in [4.78, 5) is 12.3. The number of hydrogen-bond acceptors (Lipinski definition) is 4. The Kier molecular flexibility index (Phi) is 4.87. The van der Waals surface area contributed by atoms with Gasteiger partial charge in [0.2, 0.25) is 0 Å². The number of ether oxygens (including phenoxy) is 2. The highest BCUT2D eigenvalue weighted by Gasteiger charge is 2.15. The quantitative estimate of drug-likeness (QED) is 0.669. The molecule has 1 aliphatic rings. The van der Waals surface area contributed by atoms with E-state index in [1.807, 2.05) is 0 Å². The normalized spacial score (nSPS) is 13.1. The Labute approximate surface area is 148 Å². The number of nitriles is 1. The van der Waals surface area contributed by atoms with Crippen LogP contribution in [0.5, 0.6) is 11.5 Å². The highest BCUT2D eigenvalue weighted by Crippen LogP contribution is 2.32. The molecule has 25 heavy (non-hydrogen) atoms. The smallest absolute Gasteiger partial charge is 0.266 e. The van der Waals surface area contributed by atoms with Crippen LogP contribution >= 0.6 is 11.6 Å². The van der Waals surface area contributed by atoms with Crippen molar-refractivity contribution in [2.24, 2.45) is 0 Å².